The van der Waals surface area contributed by atoms with E-state index in [1.807, 2.05) is 13.0 Å². The van der Waals surface area contributed by atoms with Crippen molar-refractivity contribution in [1.82, 2.24) is 5.32 Å². The first kappa shape index (κ1) is 16.0. The van der Waals surface area contributed by atoms with E-state index in [0.717, 1.165) is 27.2 Å². The van der Waals surface area contributed by atoms with Gasteiger partial charge in [0, 0.05) is 15.5 Å². The van der Waals surface area contributed by atoms with Crippen LogP contribution in [-0.4, -0.2) is 6.54 Å². The summed E-state index contributed by atoms with van der Waals surface area (Å²) in [6.45, 7) is 4.94. The van der Waals surface area contributed by atoms with Crippen LogP contribution in [0, 0.1) is 12.7 Å². The van der Waals surface area contributed by atoms with Gasteiger partial charge in [-0.05, 0) is 59.6 Å². The Morgan fingerprint density at radius 2 is 2.20 bits per heavy atom. The molecule has 108 valence electrons. The lowest BCUT2D eigenvalue weighted by Gasteiger charge is -2.21. The fourth-order valence-electron chi connectivity index (χ4n) is 2.19. The number of hydrogen-bond donors (Lipinski definition) is 1. The molecule has 1 heterocycles. The number of nitrogens with one attached hydrogen (secondary N) is 1. The summed E-state index contributed by atoms with van der Waals surface area (Å²) < 4.78 is 15.3. The highest BCUT2D eigenvalue weighted by Gasteiger charge is 2.23. The summed E-state index contributed by atoms with van der Waals surface area (Å²) in [5.74, 6) is -0.271. The van der Waals surface area contributed by atoms with E-state index in [9.17, 15) is 4.39 Å². The van der Waals surface area contributed by atoms with Crippen LogP contribution >= 0.6 is 38.9 Å². The molecule has 0 radical (unpaired) electrons. The summed E-state index contributed by atoms with van der Waals surface area (Å²) in [5, 5.41) is 3.86. The van der Waals surface area contributed by atoms with E-state index in [1.54, 1.807) is 23.5 Å². The summed E-state index contributed by atoms with van der Waals surface area (Å²) >= 11 is 11.4. The van der Waals surface area contributed by atoms with Crippen molar-refractivity contribution in [2.75, 3.05) is 6.54 Å². The molecule has 0 saturated heterocycles. The summed E-state index contributed by atoms with van der Waals surface area (Å²) in [4.78, 5) is 1.16. The van der Waals surface area contributed by atoms with Gasteiger partial charge in [0.05, 0.1) is 9.83 Å². The summed E-state index contributed by atoms with van der Waals surface area (Å²) in [7, 11) is 0. The van der Waals surface area contributed by atoms with Gasteiger partial charge < -0.3 is 5.32 Å². The molecule has 0 aliphatic heterocycles. The molecular formula is C15H16BrClFNS. The maximum Gasteiger partial charge on any atom is 0.129 e. The molecule has 0 aliphatic carbocycles. The van der Waals surface area contributed by atoms with E-state index >= 15 is 0 Å². The van der Waals surface area contributed by atoms with Gasteiger partial charge in [0.2, 0.25) is 0 Å². The Morgan fingerprint density at radius 3 is 2.75 bits per heavy atom. The Bertz CT molecular complexity index is 579. The molecule has 1 aromatic carbocycles. The Balaban J connectivity index is 2.50. The molecule has 0 aliphatic rings. The average molecular weight is 377 g/mol. The molecule has 0 spiro atoms. The van der Waals surface area contributed by atoms with Gasteiger partial charge in [-0.1, -0.05) is 24.6 Å². The van der Waals surface area contributed by atoms with Gasteiger partial charge in [0.15, 0.2) is 0 Å². The van der Waals surface area contributed by atoms with Crippen LogP contribution in [-0.2, 0) is 0 Å². The highest BCUT2D eigenvalue weighted by atomic mass is 79.9. The Labute approximate surface area is 136 Å². The van der Waals surface area contributed by atoms with Crippen LogP contribution in [0.3, 0.4) is 0 Å². The number of benzene rings is 1. The van der Waals surface area contributed by atoms with Crippen molar-refractivity contribution < 1.29 is 4.39 Å². The molecule has 0 bridgehead atoms. The maximum atomic E-state index is 14.2. The molecule has 20 heavy (non-hydrogen) atoms. The quantitative estimate of drug-likeness (QED) is 0.705. The molecule has 1 aromatic heterocycles. The molecule has 0 amide bonds. The van der Waals surface area contributed by atoms with Crippen LogP contribution in [0.15, 0.2) is 28.1 Å². The number of rotatable bonds is 5. The van der Waals surface area contributed by atoms with Crippen molar-refractivity contribution in [2.24, 2.45) is 0 Å². The third-order valence-corrected chi connectivity index (χ3v) is 5.02. The van der Waals surface area contributed by atoms with Crippen LogP contribution in [0.25, 0.3) is 0 Å². The first-order valence-corrected chi connectivity index (χ1v) is 8.46. The SMILES string of the molecule is CCCNC(c1cc(Br)sc1C)c1c(F)cccc1Cl. The van der Waals surface area contributed by atoms with Crippen LogP contribution in [0.4, 0.5) is 4.39 Å². The number of halogens is 3. The molecule has 1 unspecified atom stereocenters. The van der Waals surface area contributed by atoms with Gasteiger partial charge in [-0.3, -0.25) is 0 Å². The first-order chi connectivity index (χ1) is 9.54. The van der Waals surface area contributed by atoms with Gasteiger partial charge in [-0.2, -0.15) is 0 Å². The predicted octanol–water partition coefficient (Wildman–Crippen LogP) is 5.70. The highest BCUT2D eigenvalue weighted by molar-refractivity contribution is 9.11. The van der Waals surface area contributed by atoms with Crippen LogP contribution in [0.1, 0.15) is 35.4 Å². The van der Waals surface area contributed by atoms with E-state index in [0.29, 0.717) is 10.6 Å². The van der Waals surface area contributed by atoms with E-state index in [-0.39, 0.29) is 11.9 Å². The van der Waals surface area contributed by atoms with Crippen molar-refractivity contribution in [3.05, 3.63) is 54.9 Å². The Morgan fingerprint density at radius 1 is 1.45 bits per heavy atom. The second kappa shape index (κ2) is 7.03. The van der Waals surface area contributed by atoms with Gasteiger partial charge in [0.25, 0.3) is 0 Å². The summed E-state index contributed by atoms with van der Waals surface area (Å²) in [6.07, 6.45) is 0.979. The Hall–Kier alpha value is -0.420. The standard InChI is InChI=1S/C15H16BrClFNS/c1-3-7-19-15(10-8-13(16)20-9(10)2)14-11(17)5-4-6-12(14)18/h4-6,8,15,19H,3,7H2,1-2H3. The van der Waals surface area contributed by atoms with Crippen molar-refractivity contribution in [3.8, 4) is 0 Å². The lowest BCUT2D eigenvalue weighted by atomic mass is 9.98. The monoisotopic (exact) mass is 375 g/mol. The lowest BCUT2D eigenvalue weighted by molar-refractivity contribution is 0.546. The first-order valence-electron chi connectivity index (χ1n) is 6.47. The van der Waals surface area contributed by atoms with Gasteiger partial charge in [-0.15, -0.1) is 11.3 Å². The van der Waals surface area contributed by atoms with Crippen molar-refractivity contribution in [1.29, 1.82) is 0 Å². The van der Waals surface area contributed by atoms with Gasteiger partial charge in [0.1, 0.15) is 5.82 Å². The molecule has 1 atom stereocenters. The predicted molar refractivity (Wildman–Crippen MR) is 88.3 cm³/mol. The van der Waals surface area contributed by atoms with Crippen LogP contribution in [0.2, 0.25) is 5.02 Å². The van der Waals surface area contributed by atoms with Crippen molar-refractivity contribution in [3.63, 3.8) is 0 Å². The second-order valence-corrected chi connectivity index (χ2v) is 7.63. The molecule has 1 N–H and O–H groups in total. The fourth-order valence-corrected chi connectivity index (χ4v) is 4.21. The smallest absolute Gasteiger partial charge is 0.129 e. The summed E-state index contributed by atoms with van der Waals surface area (Å²) in [6, 6.07) is 6.65. The lowest BCUT2D eigenvalue weighted by Crippen LogP contribution is -2.24. The van der Waals surface area contributed by atoms with Gasteiger partial charge >= 0.3 is 0 Å². The topological polar surface area (TPSA) is 12.0 Å². The third kappa shape index (κ3) is 3.42. The average Bonchev–Trinajstić information content (AvgIpc) is 2.72. The minimum absolute atomic E-state index is 0.216. The molecule has 5 heteroatoms. The number of hydrogen-bond acceptors (Lipinski definition) is 2. The van der Waals surface area contributed by atoms with E-state index in [1.165, 1.54) is 6.07 Å². The normalized spacial score (nSPS) is 12.7. The largest absolute Gasteiger partial charge is 0.306 e. The zero-order valence-corrected chi connectivity index (χ0v) is 14.5. The van der Waals surface area contributed by atoms with Gasteiger partial charge in [-0.25, -0.2) is 4.39 Å². The maximum absolute atomic E-state index is 14.2. The fraction of sp³-hybridized carbons (Fsp3) is 0.333. The van der Waals surface area contributed by atoms with Crippen molar-refractivity contribution in [2.45, 2.75) is 26.3 Å². The molecule has 0 fully saturated rings. The molecule has 1 nitrogen and oxygen atoms in total. The van der Waals surface area contributed by atoms with E-state index < -0.39 is 0 Å². The molecule has 0 saturated carbocycles. The molecular weight excluding hydrogens is 361 g/mol. The van der Waals surface area contributed by atoms with Crippen LogP contribution < -0.4 is 5.32 Å². The number of thiophene rings is 1. The molecule has 2 aromatic rings. The minimum Gasteiger partial charge on any atom is -0.306 e. The highest BCUT2D eigenvalue weighted by Crippen LogP contribution is 2.37. The second-order valence-electron chi connectivity index (χ2n) is 4.58. The third-order valence-electron chi connectivity index (χ3n) is 3.12. The number of aryl methyl sites for hydroxylation is 1. The summed E-state index contributed by atoms with van der Waals surface area (Å²) in [5.41, 5.74) is 1.60. The zero-order chi connectivity index (χ0) is 14.7. The van der Waals surface area contributed by atoms with E-state index in [2.05, 4.69) is 28.2 Å². The Kier molecular flexibility index (Phi) is 5.61. The van der Waals surface area contributed by atoms with Crippen LogP contribution in [0.5, 0.6) is 0 Å². The zero-order valence-electron chi connectivity index (χ0n) is 11.3. The van der Waals surface area contributed by atoms with Crippen molar-refractivity contribution >= 4 is 38.9 Å². The van der Waals surface area contributed by atoms with E-state index in [4.69, 9.17) is 11.6 Å². The minimum atomic E-state index is -0.271. The molecule has 2 rings (SSSR count).